The molecule has 1 N–H and O–H groups in total. The maximum Gasteiger partial charge on any atom is 0.282 e. The number of aromatic amines is 1. The van der Waals surface area contributed by atoms with Gasteiger partial charge in [-0.2, -0.15) is 4.98 Å². The molecule has 0 aliphatic heterocycles. The lowest BCUT2D eigenvalue weighted by Crippen LogP contribution is -2.22. The first-order valence-corrected chi connectivity index (χ1v) is 9.08. The summed E-state index contributed by atoms with van der Waals surface area (Å²) in [5.74, 6) is 1.50. The number of benzene rings is 2. The van der Waals surface area contributed by atoms with Crippen LogP contribution in [0.3, 0.4) is 0 Å². The average Bonchev–Trinajstić information content (AvgIpc) is 2.71. The van der Waals surface area contributed by atoms with E-state index in [-0.39, 0.29) is 5.56 Å². The Bertz CT molecular complexity index is 1090. The van der Waals surface area contributed by atoms with Crippen molar-refractivity contribution in [2.75, 3.05) is 40.3 Å². The molecule has 0 aliphatic carbocycles. The van der Waals surface area contributed by atoms with Crippen LogP contribution in [0, 0.1) is 0 Å². The first-order chi connectivity index (χ1) is 13.9. The van der Waals surface area contributed by atoms with Crippen LogP contribution in [0.2, 0.25) is 0 Å². The molecule has 0 bridgehead atoms. The Morgan fingerprint density at radius 3 is 2.52 bits per heavy atom. The second kappa shape index (κ2) is 8.64. The predicted molar refractivity (Wildman–Crippen MR) is 116 cm³/mol. The molecule has 8 heteroatoms. The van der Waals surface area contributed by atoms with Gasteiger partial charge < -0.3 is 24.3 Å². The standard InChI is InChI=1S/C21H25N5O3/c1-25(2)13-22-15-8-6-7-14(9-15)12-26(3)21-23-17-11-19(29-5)18(28-4)10-16(17)20(27)24-21/h6-11,13H,12H2,1-5H3,(H,23,24,27)/b22-13+. The van der Waals surface area contributed by atoms with E-state index in [1.165, 1.54) is 7.11 Å². The highest BCUT2D eigenvalue weighted by Gasteiger charge is 2.13. The van der Waals surface area contributed by atoms with Gasteiger partial charge in [0.25, 0.3) is 5.56 Å². The smallest absolute Gasteiger partial charge is 0.282 e. The summed E-state index contributed by atoms with van der Waals surface area (Å²) in [5.41, 5.74) is 2.22. The molecule has 3 rings (SSSR count). The maximum absolute atomic E-state index is 12.5. The number of aromatic nitrogens is 2. The molecule has 0 radical (unpaired) electrons. The van der Waals surface area contributed by atoms with Gasteiger partial charge in [0.2, 0.25) is 5.95 Å². The van der Waals surface area contributed by atoms with E-state index in [9.17, 15) is 4.79 Å². The van der Waals surface area contributed by atoms with Crippen LogP contribution in [0.4, 0.5) is 11.6 Å². The molecule has 1 aromatic heterocycles. The quantitative estimate of drug-likeness (QED) is 0.489. The van der Waals surface area contributed by atoms with Gasteiger partial charge in [-0.15, -0.1) is 0 Å². The summed E-state index contributed by atoms with van der Waals surface area (Å²) in [4.78, 5) is 28.1. The average molecular weight is 395 g/mol. The molecule has 0 fully saturated rings. The molecular weight excluding hydrogens is 370 g/mol. The van der Waals surface area contributed by atoms with Crippen LogP contribution in [0.15, 0.2) is 46.2 Å². The van der Waals surface area contributed by atoms with E-state index in [0.717, 1.165) is 11.3 Å². The number of nitrogens with zero attached hydrogens (tertiary/aromatic N) is 4. The number of hydrogen-bond acceptors (Lipinski definition) is 6. The number of aliphatic imine (C=N–C) groups is 1. The summed E-state index contributed by atoms with van der Waals surface area (Å²) in [6.45, 7) is 0.563. The molecule has 0 spiro atoms. The van der Waals surface area contributed by atoms with E-state index < -0.39 is 0 Å². The number of methoxy groups -OCH3 is 2. The normalized spacial score (nSPS) is 11.1. The Morgan fingerprint density at radius 2 is 1.83 bits per heavy atom. The lowest BCUT2D eigenvalue weighted by Gasteiger charge is -2.18. The van der Waals surface area contributed by atoms with E-state index in [0.29, 0.717) is 34.9 Å². The third-order valence-electron chi connectivity index (χ3n) is 4.34. The summed E-state index contributed by atoms with van der Waals surface area (Å²) in [6.07, 6.45) is 1.76. The Hall–Kier alpha value is -3.55. The number of hydrogen-bond donors (Lipinski definition) is 1. The first kappa shape index (κ1) is 20.2. The van der Waals surface area contributed by atoms with Gasteiger partial charge in [-0.3, -0.25) is 4.79 Å². The summed E-state index contributed by atoms with van der Waals surface area (Å²) in [6, 6.07) is 11.3. The molecule has 2 aromatic carbocycles. The number of ether oxygens (including phenoxy) is 2. The number of fused-ring (bicyclic) bond motifs is 1. The van der Waals surface area contributed by atoms with Gasteiger partial charge in [0.1, 0.15) is 0 Å². The minimum absolute atomic E-state index is 0.328. The van der Waals surface area contributed by atoms with E-state index in [1.807, 2.05) is 55.2 Å². The summed E-state index contributed by atoms with van der Waals surface area (Å²) in [5, 5.41) is 0.444. The first-order valence-electron chi connectivity index (χ1n) is 9.08. The second-order valence-corrected chi connectivity index (χ2v) is 6.85. The molecule has 1 heterocycles. The zero-order valence-electron chi connectivity index (χ0n) is 17.3. The lowest BCUT2D eigenvalue weighted by molar-refractivity contribution is 0.355. The van der Waals surface area contributed by atoms with Gasteiger partial charge in [0, 0.05) is 33.8 Å². The highest BCUT2D eigenvalue weighted by molar-refractivity contribution is 5.82. The van der Waals surface area contributed by atoms with Crippen molar-refractivity contribution in [1.82, 2.24) is 14.9 Å². The minimum Gasteiger partial charge on any atom is -0.493 e. The van der Waals surface area contributed by atoms with E-state index in [2.05, 4.69) is 15.0 Å². The van der Waals surface area contributed by atoms with Crippen LogP contribution < -0.4 is 19.9 Å². The predicted octanol–water partition coefficient (Wildman–Crippen LogP) is 2.80. The van der Waals surface area contributed by atoms with Crippen LogP contribution >= 0.6 is 0 Å². The minimum atomic E-state index is -0.328. The van der Waals surface area contributed by atoms with E-state index in [1.54, 1.807) is 25.6 Å². The number of nitrogens with one attached hydrogen (secondary N) is 1. The molecule has 0 unspecified atom stereocenters. The molecule has 152 valence electrons. The van der Waals surface area contributed by atoms with E-state index >= 15 is 0 Å². The number of anilines is 1. The van der Waals surface area contributed by atoms with Gasteiger partial charge in [-0.25, -0.2) is 4.99 Å². The Labute approximate surface area is 169 Å². The van der Waals surface area contributed by atoms with Crippen molar-refractivity contribution < 1.29 is 9.47 Å². The summed E-state index contributed by atoms with van der Waals surface area (Å²) < 4.78 is 10.6. The Kier molecular flexibility index (Phi) is 6.01. The van der Waals surface area contributed by atoms with Crippen molar-refractivity contribution in [2.24, 2.45) is 4.99 Å². The molecule has 0 saturated heterocycles. The molecule has 0 aliphatic rings. The van der Waals surface area contributed by atoms with Gasteiger partial charge in [-0.05, 0) is 23.8 Å². The largest absolute Gasteiger partial charge is 0.493 e. The summed E-state index contributed by atoms with van der Waals surface area (Å²) in [7, 11) is 8.81. The van der Waals surface area contributed by atoms with Crippen molar-refractivity contribution in [3.05, 3.63) is 52.3 Å². The van der Waals surface area contributed by atoms with Gasteiger partial charge >= 0.3 is 0 Å². The van der Waals surface area contributed by atoms with Gasteiger partial charge in [0.05, 0.1) is 37.1 Å². The van der Waals surface area contributed by atoms with Crippen LogP contribution in [0.1, 0.15) is 5.56 Å². The zero-order valence-corrected chi connectivity index (χ0v) is 17.3. The van der Waals surface area contributed by atoms with Crippen LogP contribution in [0.25, 0.3) is 10.9 Å². The highest BCUT2D eigenvalue weighted by Crippen LogP contribution is 2.30. The van der Waals surface area contributed by atoms with Crippen molar-refractivity contribution in [3.8, 4) is 11.5 Å². The topological polar surface area (TPSA) is 83.0 Å². The van der Waals surface area contributed by atoms with Crippen LogP contribution in [0.5, 0.6) is 11.5 Å². The monoisotopic (exact) mass is 395 g/mol. The third-order valence-corrected chi connectivity index (χ3v) is 4.34. The van der Waals surface area contributed by atoms with Crippen molar-refractivity contribution >= 4 is 28.9 Å². The van der Waals surface area contributed by atoms with Crippen molar-refractivity contribution in [2.45, 2.75) is 6.54 Å². The number of rotatable bonds is 7. The fourth-order valence-corrected chi connectivity index (χ4v) is 2.91. The Balaban J connectivity index is 1.90. The van der Waals surface area contributed by atoms with Crippen LogP contribution in [-0.4, -0.2) is 56.6 Å². The molecular formula is C21H25N5O3. The molecule has 0 amide bonds. The van der Waals surface area contributed by atoms with Gasteiger partial charge in [-0.1, -0.05) is 12.1 Å². The molecule has 8 nitrogen and oxygen atoms in total. The summed E-state index contributed by atoms with van der Waals surface area (Å²) >= 11 is 0. The lowest BCUT2D eigenvalue weighted by atomic mass is 10.2. The highest BCUT2D eigenvalue weighted by atomic mass is 16.5. The zero-order chi connectivity index (χ0) is 21.0. The fraction of sp³-hybridized carbons (Fsp3) is 0.286. The maximum atomic E-state index is 12.5. The third kappa shape index (κ3) is 4.66. The van der Waals surface area contributed by atoms with Crippen molar-refractivity contribution in [1.29, 1.82) is 0 Å². The SMILES string of the molecule is COc1cc2[nH]c(N(C)Cc3cccc(/N=C/N(C)C)c3)nc(=O)c2cc1OC. The number of H-pyrrole nitrogens is 1. The van der Waals surface area contributed by atoms with Crippen LogP contribution in [-0.2, 0) is 6.54 Å². The fourth-order valence-electron chi connectivity index (χ4n) is 2.91. The molecule has 3 aromatic rings. The van der Waals surface area contributed by atoms with Gasteiger partial charge in [0.15, 0.2) is 11.5 Å². The Morgan fingerprint density at radius 1 is 1.10 bits per heavy atom. The van der Waals surface area contributed by atoms with E-state index in [4.69, 9.17) is 9.47 Å². The molecule has 0 atom stereocenters. The van der Waals surface area contributed by atoms with Crippen molar-refractivity contribution in [3.63, 3.8) is 0 Å². The molecule has 29 heavy (non-hydrogen) atoms. The second-order valence-electron chi connectivity index (χ2n) is 6.85. The molecule has 0 saturated carbocycles.